The first-order valence-corrected chi connectivity index (χ1v) is 14.2. The van der Waals surface area contributed by atoms with Gasteiger partial charge in [-0.05, 0) is 70.6 Å². The molecule has 0 saturated heterocycles. The van der Waals surface area contributed by atoms with Gasteiger partial charge in [-0.25, -0.2) is 0 Å². The second-order valence-corrected chi connectivity index (χ2v) is 10.8. The largest absolute Gasteiger partial charge is 0.456 e. The number of ether oxygens (including phenoxy) is 1. The van der Waals surface area contributed by atoms with Crippen LogP contribution < -0.4 is 4.74 Å². The molecule has 8 aromatic rings. The van der Waals surface area contributed by atoms with Crippen molar-refractivity contribution in [2.75, 3.05) is 0 Å². The van der Waals surface area contributed by atoms with Gasteiger partial charge in [0.1, 0.15) is 11.5 Å². The third-order valence-corrected chi connectivity index (χ3v) is 8.44. The Morgan fingerprint density at radius 2 is 1.29 bits per heavy atom. The summed E-state index contributed by atoms with van der Waals surface area (Å²) in [7, 11) is 0. The molecule has 0 unspecified atom stereocenters. The van der Waals surface area contributed by atoms with Crippen LogP contribution in [0.1, 0.15) is 0 Å². The van der Waals surface area contributed by atoms with Crippen LogP contribution in [0.2, 0.25) is 0 Å². The predicted octanol–water partition coefficient (Wildman–Crippen LogP) is 10.4. The topological polar surface area (TPSA) is 27.1 Å². The van der Waals surface area contributed by atoms with Crippen molar-refractivity contribution in [1.29, 1.82) is 0 Å². The van der Waals surface area contributed by atoms with E-state index in [1.54, 1.807) is 0 Å². The molecule has 6 aromatic carbocycles. The van der Waals surface area contributed by atoms with Gasteiger partial charge in [0, 0.05) is 33.5 Å². The molecular weight excluding hydrogens is 512 g/mol. The standard InChI is InChI=1S/C39H24N2O/c1-2-9-26(10-3-1)39-35(16-8-22-40-39)41-33-15-5-4-13-29(33)31-23-27(18-20-34(31)41)28-19-21-36-32(24-28)30-14-6-11-25-12-7-17-37(42-36)38(25)30/h1-24H. The third kappa shape index (κ3) is 3.37. The molecule has 3 heteroatoms. The Balaban J connectivity index is 1.24. The number of benzene rings is 6. The van der Waals surface area contributed by atoms with E-state index in [1.807, 2.05) is 18.3 Å². The van der Waals surface area contributed by atoms with Gasteiger partial charge in [-0.15, -0.1) is 0 Å². The molecule has 0 fully saturated rings. The maximum Gasteiger partial charge on any atom is 0.135 e. The van der Waals surface area contributed by atoms with Gasteiger partial charge in [-0.3, -0.25) is 4.98 Å². The maximum atomic E-state index is 6.36. The number of fused-ring (bicyclic) bond motifs is 5. The lowest BCUT2D eigenvalue weighted by Crippen LogP contribution is -1.99. The minimum absolute atomic E-state index is 0.896. The molecule has 1 aliphatic rings. The van der Waals surface area contributed by atoms with Gasteiger partial charge in [0.2, 0.25) is 0 Å². The molecule has 0 atom stereocenters. The fourth-order valence-electron chi connectivity index (χ4n) is 6.55. The van der Waals surface area contributed by atoms with Crippen LogP contribution in [0.25, 0.3) is 71.8 Å². The zero-order chi connectivity index (χ0) is 27.6. The van der Waals surface area contributed by atoms with Crippen molar-refractivity contribution < 1.29 is 4.74 Å². The van der Waals surface area contributed by atoms with E-state index in [0.29, 0.717) is 0 Å². The zero-order valence-electron chi connectivity index (χ0n) is 22.7. The highest BCUT2D eigenvalue weighted by Crippen LogP contribution is 2.47. The van der Waals surface area contributed by atoms with Crippen molar-refractivity contribution in [2.24, 2.45) is 0 Å². The van der Waals surface area contributed by atoms with Crippen LogP contribution in [-0.4, -0.2) is 9.55 Å². The fourth-order valence-corrected chi connectivity index (χ4v) is 6.55. The van der Waals surface area contributed by atoms with Crippen LogP contribution in [0.3, 0.4) is 0 Å². The molecule has 42 heavy (non-hydrogen) atoms. The molecular formula is C39H24N2O. The number of hydrogen-bond donors (Lipinski definition) is 0. The Morgan fingerprint density at radius 1 is 0.500 bits per heavy atom. The van der Waals surface area contributed by atoms with Gasteiger partial charge in [0.25, 0.3) is 0 Å². The van der Waals surface area contributed by atoms with E-state index in [0.717, 1.165) is 45.0 Å². The Kier molecular flexibility index (Phi) is 4.90. The smallest absolute Gasteiger partial charge is 0.135 e. The van der Waals surface area contributed by atoms with Crippen LogP contribution in [0, 0.1) is 0 Å². The fraction of sp³-hybridized carbons (Fsp3) is 0. The lowest BCUT2D eigenvalue weighted by atomic mass is 9.92. The SMILES string of the molecule is c1ccc(-c2ncccc2-n2c3ccccc3c3cc(-c4ccc5c(c4)-c4cccc6cccc(c46)O5)ccc32)cc1. The van der Waals surface area contributed by atoms with Gasteiger partial charge >= 0.3 is 0 Å². The van der Waals surface area contributed by atoms with Crippen molar-refractivity contribution in [1.82, 2.24) is 9.55 Å². The van der Waals surface area contributed by atoms with Crippen molar-refractivity contribution in [3.05, 3.63) is 146 Å². The second-order valence-electron chi connectivity index (χ2n) is 10.8. The Bertz CT molecular complexity index is 2330. The Morgan fingerprint density at radius 3 is 2.21 bits per heavy atom. The molecule has 0 aliphatic carbocycles. The number of aromatic nitrogens is 2. The van der Waals surface area contributed by atoms with Crippen LogP contribution >= 0.6 is 0 Å². The van der Waals surface area contributed by atoms with Crippen LogP contribution in [0.5, 0.6) is 11.5 Å². The summed E-state index contributed by atoms with van der Waals surface area (Å²) < 4.78 is 8.71. The van der Waals surface area contributed by atoms with Crippen LogP contribution in [0.4, 0.5) is 0 Å². The monoisotopic (exact) mass is 536 g/mol. The zero-order valence-corrected chi connectivity index (χ0v) is 22.7. The molecule has 9 rings (SSSR count). The molecule has 2 aromatic heterocycles. The van der Waals surface area contributed by atoms with Crippen molar-refractivity contribution >= 4 is 32.6 Å². The summed E-state index contributed by atoms with van der Waals surface area (Å²) in [6, 6.07) is 49.3. The second kappa shape index (κ2) is 8.92. The van der Waals surface area contributed by atoms with E-state index in [2.05, 4.69) is 132 Å². The van der Waals surface area contributed by atoms with E-state index >= 15 is 0 Å². The number of pyridine rings is 1. The van der Waals surface area contributed by atoms with Gasteiger partial charge < -0.3 is 9.30 Å². The number of para-hydroxylation sites is 1. The van der Waals surface area contributed by atoms with E-state index in [9.17, 15) is 0 Å². The van der Waals surface area contributed by atoms with Crippen LogP contribution in [-0.2, 0) is 0 Å². The first-order valence-electron chi connectivity index (χ1n) is 14.2. The molecule has 0 spiro atoms. The van der Waals surface area contributed by atoms with Crippen molar-refractivity contribution in [3.63, 3.8) is 0 Å². The number of rotatable bonds is 3. The van der Waals surface area contributed by atoms with Crippen molar-refractivity contribution in [2.45, 2.75) is 0 Å². The summed E-state index contributed by atoms with van der Waals surface area (Å²) in [6.07, 6.45) is 1.87. The van der Waals surface area contributed by atoms with E-state index < -0.39 is 0 Å². The molecule has 0 N–H and O–H groups in total. The molecule has 3 heterocycles. The molecule has 3 nitrogen and oxygen atoms in total. The van der Waals surface area contributed by atoms with Gasteiger partial charge in [0.05, 0.1) is 22.4 Å². The molecule has 0 radical (unpaired) electrons. The quantitative estimate of drug-likeness (QED) is 0.225. The van der Waals surface area contributed by atoms with Gasteiger partial charge in [-0.2, -0.15) is 0 Å². The lowest BCUT2D eigenvalue weighted by molar-refractivity contribution is 0.487. The molecule has 196 valence electrons. The summed E-state index contributed by atoms with van der Waals surface area (Å²) in [6.45, 7) is 0. The van der Waals surface area contributed by atoms with Gasteiger partial charge in [0.15, 0.2) is 0 Å². The maximum absolute atomic E-state index is 6.36. The van der Waals surface area contributed by atoms with Crippen molar-refractivity contribution in [3.8, 4) is 50.7 Å². The minimum atomic E-state index is 0.896. The summed E-state index contributed by atoms with van der Waals surface area (Å²) in [5.41, 5.74) is 10.1. The Labute approximate surface area is 242 Å². The van der Waals surface area contributed by atoms with E-state index in [4.69, 9.17) is 9.72 Å². The third-order valence-electron chi connectivity index (χ3n) is 8.44. The molecule has 0 bridgehead atoms. The summed E-state index contributed by atoms with van der Waals surface area (Å²) >= 11 is 0. The highest BCUT2D eigenvalue weighted by Gasteiger charge is 2.21. The number of hydrogen-bond acceptors (Lipinski definition) is 2. The predicted molar refractivity (Wildman–Crippen MR) is 172 cm³/mol. The molecule has 0 amide bonds. The lowest BCUT2D eigenvalue weighted by Gasteiger charge is -2.22. The van der Waals surface area contributed by atoms with E-state index in [-0.39, 0.29) is 0 Å². The van der Waals surface area contributed by atoms with Gasteiger partial charge in [-0.1, -0.05) is 91.0 Å². The Hall–Kier alpha value is -5.67. The molecule has 0 saturated carbocycles. The average Bonchev–Trinajstić information content (AvgIpc) is 3.39. The first kappa shape index (κ1) is 23.1. The number of nitrogens with zero attached hydrogens (tertiary/aromatic N) is 2. The summed E-state index contributed by atoms with van der Waals surface area (Å²) in [5.74, 6) is 1.82. The minimum Gasteiger partial charge on any atom is -0.456 e. The molecule has 1 aliphatic heterocycles. The normalized spacial score (nSPS) is 12.0. The summed E-state index contributed by atoms with van der Waals surface area (Å²) in [4.78, 5) is 4.82. The van der Waals surface area contributed by atoms with E-state index in [1.165, 1.54) is 38.2 Å². The van der Waals surface area contributed by atoms with Crippen LogP contribution in [0.15, 0.2) is 146 Å². The average molecular weight is 537 g/mol. The highest BCUT2D eigenvalue weighted by molar-refractivity contribution is 6.11. The highest BCUT2D eigenvalue weighted by atomic mass is 16.5. The summed E-state index contributed by atoms with van der Waals surface area (Å²) in [5, 5.41) is 4.80. The first-order chi connectivity index (χ1) is 20.8.